The third kappa shape index (κ3) is 1.78. The first-order valence-electron chi connectivity index (χ1n) is 5.10. The van der Waals surface area contributed by atoms with Crippen molar-refractivity contribution in [2.45, 2.75) is 26.1 Å². The van der Waals surface area contributed by atoms with Gasteiger partial charge in [0, 0.05) is 5.56 Å². The minimum Gasteiger partial charge on any atom is -0.460 e. The molecule has 0 aromatic heterocycles. The molecule has 0 fully saturated rings. The van der Waals surface area contributed by atoms with Gasteiger partial charge in [0.1, 0.15) is 0 Å². The van der Waals surface area contributed by atoms with Gasteiger partial charge in [-0.05, 0) is 19.9 Å². The van der Waals surface area contributed by atoms with Crippen LogP contribution in [0.5, 0.6) is 0 Å². The third-order valence-electron chi connectivity index (χ3n) is 2.25. The number of ether oxygens (including phenoxy) is 2. The summed E-state index contributed by atoms with van der Waals surface area (Å²) in [6, 6.07) is 6.83. The smallest absolute Gasteiger partial charge is 0.352 e. The number of hydrogen-bond acceptors (Lipinski definition) is 4. The number of carbonyl (C=O) groups is 2. The fourth-order valence-corrected chi connectivity index (χ4v) is 1.61. The van der Waals surface area contributed by atoms with Crippen molar-refractivity contribution in [3.8, 4) is 0 Å². The van der Waals surface area contributed by atoms with Gasteiger partial charge < -0.3 is 9.47 Å². The summed E-state index contributed by atoms with van der Waals surface area (Å²) in [5.74, 6) is -0.991. The Morgan fingerprint density at radius 2 is 2.06 bits per heavy atom. The van der Waals surface area contributed by atoms with Crippen LogP contribution in [0.3, 0.4) is 0 Å². The molecule has 4 nitrogen and oxygen atoms in total. The van der Waals surface area contributed by atoms with E-state index in [0.29, 0.717) is 11.1 Å². The summed E-state index contributed by atoms with van der Waals surface area (Å²) in [6.45, 7) is 3.50. The number of benzene rings is 1. The molecule has 1 aromatic rings. The Labute approximate surface area is 93.2 Å². The molecule has 16 heavy (non-hydrogen) atoms. The monoisotopic (exact) mass is 220 g/mol. The molecule has 0 radical (unpaired) electrons. The number of hydrogen-bond donors (Lipinski definition) is 0. The van der Waals surface area contributed by atoms with E-state index in [1.54, 1.807) is 38.1 Å². The molecule has 0 amide bonds. The molecular formula is C12H12O4. The maximum absolute atomic E-state index is 11.7. The molecule has 1 aromatic carbocycles. The van der Waals surface area contributed by atoms with Crippen LogP contribution in [0.1, 0.15) is 35.9 Å². The second-order valence-corrected chi connectivity index (χ2v) is 3.86. The summed E-state index contributed by atoms with van der Waals surface area (Å²) in [5, 5.41) is 0. The first kappa shape index (κ1) is 10.7. The van der Waals surface area contributed by atoms with Crippen LogP contribution in [-0.2, 0) is 14.3 Å². The van der Waals surface area contributed by atoms with E-state index in [9.17, 15) is 9.59 Å². The molecule has 4 heteroatoms. The molecule has 0 aliphatic carbocycles. The molecule has 1 heterocycles. The highest BCUT2D eigenvalue weighted by Crippen LogP contribution is 2.31. The van der Waals surface area contributed by atoms with Crippen molar-refractivity contribution in [2.75, 3.05) is 0 Å². The number of carbonyl (C=O) groups excluding carboxylic acids is 2. The Morgan fingerprint density at radius 3 is 2.75 bits per heavy atom. The van der Waals surface area contributed by atoms with Gasteiger partial charge in [-0.3, -0.25) is 0 Å². The highest BCUT2D eigenvalue weighted by Gasteiger charge is 2.37. The minimum absolute atomic E-state index is 0.223. The second kappa shape index (κ2) is 3.96. The zero-order valence-electron chi connectivity index (χ0n) is 9.10. The van der Waals surface area contributed by atoms with Crippen LogP contribution in [0.15, 0.2) is 24.3 Å². The topological polar surface area (TPSA) is 52.6 Å². The molecule has 0 saturated carbocycles. The summed E-state index contributed by atoms with van der Waals surface area (Å²) in [7, 11) is 0. The van der Waals surface area contributed by atoms with Gasteiger partial charge >= 0.3 is 11.9 Å². The first-order valence-corrected chi connectivity index (χ1v) is 5.10. The molecule has 84 valence electrons. The lowest BCUT2D eigenvalue weighted by atomic mass is 10.1. The van der Waals surface area contributed by atoms with Crippen molar-refractivity contribution in [1.82, 2.24) is 0 Å². The molecule has 0 saturated heterocycles. The average Bonchev–Trinajstić information content (AvgIpc) is 2.56. The molecule has 0 bridgehead atoms. The summed E-state index contributed by atoms with van der Waals surface area (Å²) in [6.07, 6.45) is -1.13. The van der Waals surface area contributed by atoms with Gasteiger partial charge in [-0.2, -0.15) is 0 Å². The number of rotatable bonds is 2. The maximum atomic E-state index is 11.7. The van der Waals surface area contributed by atoms with E-state index >= 15 is 0 Å². The van der Waals surface area contributed by atoms with Crippen LogP contribution >= 0.6 is 0 Å². The molecule has 1 unspecified atom stereocenters. The van der Waals surface area contributed by atoms with E-state index in [1.807, 2.05) is 0 Å². The second-order valence-electron chi connectivity index (χ2n) is 3.86. The van der Waals surface area contributed by atoms with E-state index in [4.69, 9.17) is 9.47 Å². The van der Waals surface area contributed by atoms with Crippen LogP contribution < -0.4 is 0 Å². The van der Waals surface area contributed by atoms with Crippen molar-refractivity contribution in [3.05, 3.63) is 35.4 Å². The predicted molar refractivity (Wildman–Crippen MR) is 55.8 cm³/mol. The van der Waals surface area contributed by atoms with E-state index in [1.165, 1.54) is 0 Å². The van der Waals surface area contributed by atoms with Gasteiger partial charge in [0.2, 0.25) is 6.10 Å². The fraction of sp³-hybridized carbons (Fsp3) is 0.333. The zero-order valence-corrected chi connectivity index (χ0v) is 9.10. The van der Waals surface area contributed by atoms with Crippen molar-refractivity contribution < 1.29 is 19.1 Å². The first-order chi connectivity index (χ1) is 7.59. The molecule has 2 rings (SSSR count). The normalized spacial score (nSPS) is 18.2. The lowest BCUT2D eigenvalue weighted by molar-refractivity contribution is -0.157. The Morgan fingerprint density at radius 1 is 1.38 bits per heavy atom. The Balaban J connectivity index is 2.27. The van der Waals surface area contributed by atoms with Crippen molar-refractivity contribution in [3.63, 3.8) is 0 Å². The summed E-state index contributed by atoms with van der Waals surface area (Å²) >= 11 is 0. The van der Waals surface area contributed by atoms with E-state index in [2.05, 4.69) is 0 Å². The molecule has 1 aliphatic rings. The molecular weight excluding hydrogens is 208 g/mol. The molecule has 1 aliphatic heterocycles. The van der Waals surface area contributed by atoms with Crippen molar-refractivity contribution in [1.29, 1.82) is 0 Å². The lowest BCUT2D eigenvalue weighted by Gasteiger charge is -2.12. The van der Waals surface area contributed by atoms with Gasteiger partial charge in [0.05, 0.1) is 11.7 Å². The third-order valence-corrected chi connectivity index (χ3v) is 2.25. The van der Waals surface area contributed by atoms with Gasteiger partial charge in [-0.1, -0.05) is 18.2 Å². The number of esters is 2. The van der Waals surface area contributed by atoms with Crippen LogP contribution in [0.2, 0.25) is 0 Å². The minimum atomic E-state index is -0.911. The Hall–Kier alpha value is -1.84. The van der Waals surface area contributed by atoms with Gasteiger partial charge in [-0.15, -0.1) is 0 Å². The maximum Gasteiger partial charge on any atom is 0.352 e. The largest absolute Gasteiger partial charge is 0.460 e. The van der Waals surface area contributed by atoms with Crippen LogP contribution in [0, 0.1) is 0 Å². The van der Waals surface area contributed by atoms with Crippen molar-refractivity contribution in [2.24, 2.45) is 0 Å². The molecule has 0 spiro atoms. The van der Waals surface area contributed by atoms with Crippen LogP contribution in [0.25, 0.3) is 0 Å². The van der Waals surface area contributed by atoms with E-state index in [0.717, 1.165) is 0 Å². The summed E-state index contributed by atoms with van der Waals surface area (Å²) < 4.78 is 10.0. The lowest BCUT2D eigenvalue weighted by Crippen LogP contribution is -2.19. The van der Waals surface area contributed by atoms with Gasteiger partial charge in [0.25, 0.3) is 0 Å². The summed E-state index contributed by atoms with van der Waals surface area (Å²) in [5.41, 5.74) is 1.02. The molecule has 0 N–H and O–H groups in total. The fourth-order valence-electron chi connectivity index (χ4n) is 1.61. The van der Waals surface area contributed by atoms with Gasteiger partial charge in [0.15, 0.2) is 0 Å². The number of fused-ring (bicyclic) bond motifs is 1. The summed E-state index contributed by atoms with van der Waals surface area (Å²) in [4.78, 5) is 23.1. The van der Waals surface area contributed by atoms with Gasteiger partial charge in [-0.25, -0.2) is 9.59 Å². The Kier molecular flexibility index (Phi) is 2.64. The zero-order chi connectivity index (χ0) is 11.7. The van der Waals surface area contributed by atoms with Crippen molar-refractivity contribution >= 4 is 11.9 Å². The van der Waals surface area contributed by atoms with Crippen LogP contribution in [-0.4, -0.2) is 18.0 Å². The highest BCUT2D eigenvalue weighted by molar-refractivity contribution is 5.98. The standard InChI is InChI=1S/C12H12O4/c1-7(2)15-12(14)10-8-5-3-4-6-9(8)11(13)16-10/h3-7,10H,1-2H3. The number of cyclic esters (lactones) is 1. The predicted octanol–water partition coefficient (Wildman–Crippen LogP) is 1.85. The highest BCUT2D eigenvalue weighted by atomic mass is 16.6. The molecule has 1 atom stereocenters. The Bertz CT molecular complexity index is 436. The quantitative estimate of drug-likeness (QED) is 0.714. The SMILES string of the molecule is CC(C)OC(=O)C1OC(=O)c2ccccc21. The van der Waals surface area contributed by atoms with E-state index < -0.39 is 18.0 Å². The van der Waals surface area contributed by atoms with Crippen LogP contribution in [0.4, 0.5) is 0 Å². The average molecular weight is 220 g/mol. The van der Waals surface area contributed by atoms with E-state index in [-0.39, 0.29) is 6.10 Å².